The van der Waals surface area contributed by atoms with Gasteiger partial charge in [-0.3, -0.25) is 14.0 Å². The fourth-order valence-electron chi connectivity index (χ4n) is 5.16. The number of benzene rings is 1. The fourth-order valence-corrected chi connectivity index (χ4v) is 8.74. The second-order valence-corrected chi connectivity index (χ2v) is 14.4. The molecule has 11 heteroatoms. The van der Waals surface area contributed by atoms with E-state index in [2.05, 4.69) is 16.0 Å². The molecule has 1 saturated heterocycles. The molecule has 39 heavy (non-hydrogen) atoms. The molecular weight excluding hydrogens is 553 g/mol. The van der Waals surface area contributed by atoms with Gasteiger partial charge in [-0.15, -0.1) is 22.7 Å². The van der Waals surface area contributed by atoms with Crippen molar-refractivity contribution in [2.45, 2.75) is 43.4 Å². The molecule has 0 atom stereocenters. The van der Waals surface area contributed by atoms with Crippen LogP contribution in [0.2, 0.25) is 0 Å². The van der Waals surface area contributed by atoms with E-state index >= 15 is 0 Å². The lowest BCUT2D eigenvalue weighted by Crippen LogP contribution is -2.36. The lowest BCUT2D eigenvalue weighted by atomic mass is 9.97. The molecule has 3 aromatic heterocycles. The third kappa shape index (κ3) is 5.63. The molecule has 0 amide bonds. The molecule has 0 spiro atoms. The first-order valence-electron chi connectivity index (χ1n) is 13.4. The zero-order chi connectivity index (χ0) is 27.0. The summed E-state index contributed by atoms with van der Waals surface area (Å²) in [7, 11) is -3.65. The minimum atomic E-state index is -3.65. The number of fused-ring (bicyclic) bond motifs is 1. The molecule has 2 fully saturated rings. The first-order valence-corrected chi connectivity index (χ1v) is 16.6. The number of sulfonamides is 1. The first-order chi connectivity index (χ1) is 18.9. The number of aromatic nitrogens is 2. The number of carbonyl (C=O) groups is 1. The summed E-state index contributed by atoms with van der Waals surface area (Å²) in [5.74, 6) is 0.324. The van der Waals surface area contributed by atoms with Gasteiger partial charge in [0.15, 0.2) is 0 Å². The number of rotatable bonds is 10. The van der Waals surface area contributed by atoms with Crippen LogP contribution in [0.5, 0.6) is 0 Å². The Balaban J connectivity index is 1.22. The Morgan fingerprint density at radius 2 is 2.00 bits per heavy atom. The van der Waals surface area contributed by atoms with E-state index in [4.69, 9.17) is 9.72 Å². The SMILES string of the molecule is CCOC(=O)C1CCN(Cc2cnc(-c3cc4cccc(N(CC5CC5)S(=O)(=O)c5cccs5)c4[nH]3)s2)CC1. The average molecular weight is 585 g/mol. The number of carbonyl (C=O) groups excluding carboxylic acids is 1. The Labute approximate surface area is 236 Å². The van der Waals surface area contributed by atoms with Crippen molar-refractivity contribution in [1.82, 2.24) is 14.9 Å². The minimum absolute atomic E-state index is 0.00174. The highest BCUT2D eigenvalue weighted by Crippen LogP contribution is 2.39. The summed E-state index contributed by atoms with van der Waals surface area (Å²) in [5, 5.41) is 3.64. The number of anilines is 1. The van der Waals surface area contributed by atoms with Gasteiger partial charge in [0.25, 0.3) is 10.0 Å². The highest BCUT2D eigenvalue weighted by Gasteiger charge is 2.34. The maximum atomic E-state index is 13.6. The largest absolute Gasteiger partial charge is 0.466 e. The number of ether oxygens (including phenoxy) is 1. The molecule has 0 unspecified atom stereocenters. The van der Waals surface area contributed by atoms with Gasteiger partial charge in [-0.25, -0.2) is 13.4 Å². The summed E-state index contributed by atoms with van der Waals surface area (Å²) in [6, 6.07) is 11.3. The van der Waals surface area contributed by atoms with E-state index in [0.29, 0.717) is 29.0 Å². The molecule has 4 aromatic rings. The number of aromatic amines is 1. The van der Waals surface area contributed by atoms with E-state index in [1.165, 1.54) is 11.3 Å². The smallest absolute Gasteiger partial charge is 0.309 e. The van der Waals surface area contributed by atoms with Crippen LogP contribution in [-0.2, 0) is 26.1 Å². The van der Waals surface area contributed by atoms with Gasteiger partial charge in [-0.05, 0) is 75.2 Å². The minimum Gasteiger partial charge on any atom is -0.466 e. The van der Waals surface area contributed by atoms with Gasteiger partial charge < -0.3 is 9.72 Å². The Bertz CT molecular complexity index is 1550. The van der Waals surface area contributed by atoms with Crippen LogP contribution in [-0.4, -0.2) is 55.5 Å². The number of esters is 1. The molecule has 8 nitrogen and oxygen atoms in total. The number of nitrogens with one attached hydrogen (secondary N) is 1. The van der Waals surface area contributed by atoms with Crippen molar-refractivity contribution in [2.75, 3.05) is 30.5 Å². The Morgan fingerprint density at radius 1 is 1.18 bits per heavy atom. The summed E-state index contributed by atoms with van der Waals surface area (Å²) >= 11 is 2.90. The molecule has 1 saturated carbocycles. The van der Waals surface area contributed by atoms with Crippen LogP contribution < -0.4 is 4.31 Å². The van der Waals surface area contributed by atoms with E-state index in [1.54, 1.807) is 33.2 Å². The number of hydrogen-bond donors (Lipinski definition) is 1. The Morgan fingerprint density at radius 3 is 2.72 bits per heavy atom. The number of thiazole rings is 1. The first kappa shape index (κ1) is 26.5. The van der Waals surface area contributed by atoms with Crippen molar-refractivity contribution in [3.63, 3.8) is 0 Å². The highest BCUT2D eigenvalue weighted by molar-refractivity contribution is 7.94. The van der Waals surface area contributed by atoms with Crippen LogP contribution in [0, 0.1) is 11.8 Å². The molecule has 0 radical (unpaired) electrons. The number of nitrogens with zero attached hydrogens (tertiary/aromatic N) is 3. The van der Waals surface area contributed by atoms with Crippen molar-refractivity contribution >= 4 is 55.3 Å². The molecule has 206 valence electrons. The third-order valence-electron chi connectivity index (χ3n) is 7.43. The highest BCUT2D eigenvalue weighted by atomic mass is 32.2. The van der Waals surface area contributed by atoms with Crippen LogP contribution in [0.3, 0.4) is 0 Å². The predicted octanol–water partition coefficient (Wildman–Crippen LogP) is 5.73. The van der Waals surface area contributed by atoms with E-state index in [1.807, 2.05) is 31.3 Å². The number of likely N-dealkylation sites (tertiary alicyclic amines) is 1. The standard InChI is InChI=1S/C28H32N4O4S3/c1-2-36-28(33)20-10-12-31(13-11-20)18-22-16-29-27(38-22)23-15-21-5-3-6-24(26(21)30-23)32(17-19-8-9-19)39(34,35)25-7-4-14-37-25/h3-7,14-16,19-20,30H,2,8-13,17-18H2,1H3. The molecule has 1 aromatic carbocycles. The van der Waals surface area contributed by atoms with E-state index < -0.39 is 10.0 Å². The van der Waals surface area contributed by atoms with Gasteiger partial charge in [0.05, 0.1) is 29.4 Å². The monoisotopic (exact) mass is 584 g/mol. The van der Waals surface area contributed by atoms with Crippen LogP contribution >= 0.6 is 22.7 Å². The number of piperidine rings is 1. The molecular formula is C28H32N4O4S3. The summed E-state index contributed by atoms with van der Waals surface area (Å²) in [4.78, 5) is 23.8. The van der Waals surface area contributed by atoms with Gasteiger partial charge in [0.2, 0.25) is 0 Å². The molecule has 2 aliphatic rings. The normalized spacial score (nSPS) is 17.1. The van der Waals surface area contributed by atoms with Crippen LogP contribution in [0.4, 0.5) is 5.69 Å². The topological polar surface area (TPSA) is 95.6 Å². The molecule has 1 aliphatic heterocycles. The van der Waals surface area contributed by atoms with Gasteiger partial charge in [0.1, 0.15) is 9.22 Å². The van der Waals surface area contributed by atoms with Crippen molar-refractivity contribution in [1.29, 1.82) is 0 Å². The summed E-state index contributed by atoms with van der Waals surface area (Å²) < 4.78 is 34.4. The lowest BCUT2D eigenvalue weighted by molar-refractivity contribution is -0.149. The molecule has 4 heterocycles. The van der Waals surface area contributed by atoms with Crippen molar-refractivity contribution in [3.05, 3.63) is 52.9 Å². The quantitative estimate of drug-likeness (QED) is 0.239. The number of hydrogen-bond acceptors (Lipinski definition) is 8. The van der Waals surface area contributed by atoms with E-state index in [0.717, 1.165) is 71.8 Å². The second kappa shape index (κ2) is 11.0. The summed E-state index contributed by atoms with van der Waals surface area (Å²) in [6.45, 7) is 5.29. The van der Waals surface area contributed by atoms with Gasteiger partial charge >= 0.3 is 5.97 Å². The molecule has 0 bridgehead atoms. The van der Waals surface area contributed by atoms with Crippen molar-refractivity contribution in [2.24, 2.45) is 11.8 Å². The zero-order valence-electron chi connectivity index (χ0n) is 21.8. The fraction of sp³-hybridized carbons (Fsp3) is 0.429. The summed E-state index contributed by atoms with van der Waals surface area (Å²) in [6.07, 6.45) is 5.68. The zero-order valence-corrected chi connectivity index (χ0v) is 24.3. The Kier molecular flexibility index (Phi) is 7.49. The molecule has 6 rings (SSSR count). The van der Waals surface area contributed by atoms with Crippen molar-refractivity contribution < 1.29 is 17.9 Å². The van der Waals surface area contributed by atoms with Crippen LogP contribution in [0.1, 0.15) is 37.5 Å². The Hall–Kier alpha value is -2.73. The predicted molar refractivity (Wildman–Crippen MR) is 156 cm³/mol. The summed E-state index contributed by atoms with van der Waals surface area (Å²) in [5.41, 5.74) is 2.38. The molecule has 1 N–H and O–H groups in total. The maximum absolute atomic E-state index is 13.6. The van der Waals surface area contributed by atoms with Crippen LogP contribution in [0.15, 0.2) is 52.2 Å². The maximum Gasteiger partial charge on any atom is 0.309 e. The number of para-hydroxylation sites is 1. The van der Waals surface area contributed by atoms with Crippen molar-refractivity contribution in [3.8, 4) is 10.7 Å². The molecule has 1 aliphatic carbocycles. The van der Waals surface area contributed by atoms with Gasteiger partial charge in [-0.2, -0.15) is 0 Å². The van der Waals surface area contributed by atoms with Crippen LogP contribution in [0.25, 0.3) is 21.6 Å². The van der Waals surface area contributed by atoms with E-state index in [-0.39, 0.29) is 11.9 Å². The number of H-pyrrole nitrogens is 1. The number of thiophene rings is 1. The second-order valence-electron chi connectivity index (χ2n) is 10.3. The van der Waals surface area contributed by atoms with E-state index in [9.17, 15) is 13.2 Å². The lowest BCUT2D eigenvalue weighted by Gasteiger charge is -2.30. The van der Waals surface area contributed by atoms with Gasteiger partial charge in [-0.1, -0.05) is 18.2 Å². The third-order valence-corrected chi connectivity index (χ3v) is 11.6. The average Bonchev–Trinajstić information content (AvgIpc) is 3.32. The van der Waals surface area contributed by atoms with Gasteiger partial charge in [0, 0.05) is 29.5 Å².